The highest BCUT2D eigenvalue weighted by atomic mass is 15.1. The van der Waals surface area contributed by atoms with E-state index in [4.69, 9.17) is 10.7 Å². The van der Waals surface area contributed by atoms with Crippen LogP contribution in [0.3, 0.4) is 0 Å². The van der Waals surface area contributed by atoms with Crippen LogP contribution in [0, 0.1) is 0 Å². The van der Waals surface area contributed by atoms with Gasteiger partial charge in [0.25, 0.3) is 0 Å². The summed E-state index contributed by atoms with van der Waals surface area (Å²) in [6, 6.07) is 6.77. The van der Waals surface area contributed by atoms with Crippen molar-refractivity contribution < 1.29 is 0 Å². The number of imidazole rings is 1. The van der Waals surface area contributed by atoms with Gasteiger partial charge in [0.2, 0.25) is 0 Å². The molecule has 3 nitrogen and oxygen atoms in total. The Hall–Kier alpha value is -1.35. The molecule has 2 saturated carbocycles. The standard InChI is InChI=1S/C16H21N3/c1-19-14-9-12(16(10-17)7-2-8-16)5-6-13(14)18-15(19)11-3-4-11/h5-6,9,11H,2-4,7-8,10,17H2,1H3. The highest BCUT2D eigenvalue weighted by Crippen LogP contribution is 2.44. The fourth-order valence-electron chi connectivity index (χ4n) is 3.46. The van der Waals surface area contributed by atoms with Gasteiger partial charge in [-0.3, -0.25) is 0 Å². The van der Waals surface area contributed by atoms with Gasteiger partial charge < -0.3 is 10.3 Å². The Balaban J connectivity index is 1.84. The van der Waals surface area contributed by atoms with Gasteiger partial charge in [-0.05, 0) is 43.4 Å². The lowest BCUT2D eigenvalue weighted by molar-refractivity contribution is 0.253. The molecule has 2 N–H and O–H groups in total. The summed E-state index contributed by atoms with van der Waals surface area (Å²) in [5.41, 5.74) is 10.1. The Bertz CT molecular complexity index is 627. The Kier molecular flexibility index (Phi) is 2.31. The third kappa shape index (κ3) is 1.57. The topological polar surface area (TPSA) is 43.8 Å². The lowest BCUT2D eigenvalue weighted by Gasteiger charge is -2.41. The molecule has 0 saturated heterocycles. The molecule has 0 amide bonds. The first-order chi connectivity index (χ1) is 9.23. The van der Waals surface area contributed by atoms with E-state index in [0.717, 1.165) is 12.1 Å². The van der Waals surface area contributed by atoms with Crippen LogP contribution in [0.4, 0.5) is 0 Å². The summed E-state index contributed by atoms with van der Waals surface area (Å²) in [4.78, 5) is 4.80. The maximum Gasteiger partial charge on any atom is 0.112 e. The summed E-state index contributed by atoms with van der Waals surface area (Å²) >= 11 is 0. The molecule has 1 heterocycles. The second-order valence-electron chi connectivity index (χ2n) is 6.34. The predicted molar refractivity (Wildman–Crippen MR) is 77.3 cm³/mol. The number of rotatable bonds is 3. The van der Waals surface area contributed by atoms with Gasteiger partial charge in [0, 0.05) is 24.9 Å². The van der Waals surface area contributed by atoms with Crippen molar-refractivity contribution in [2.45, 2.75) is 43.4 Å². The molecule has 0 bridgehead atoms. The summed E-state index contributed by atoms with van der Waals surface area (Å²) in [5, 5.41) is 0. The highest BCUT2D eigenvalue weighted by Gasteiger charge is 2.37. The molecular formula is C16H21N3. The van der Waals surface area contributed by atoms with Crippen molar-refractivity contribution >= 4 is 11.0 Å². The molecule has 2 aromatic rings. The molecule has 0 spiro atoms. The van der Waals surface area contributed by atoms with Crippen molar-refractivity contribution in [1.82, 2.24) is 9.55 Å². The molecule has 2 aliphatic rings. The summed E-state index contributed by atoms with van der Waals surface area (Å²) in [6.45, 7) is 0.770. The molecule has 1 aromatic heterocycles. The first-order valence-corrected chi connectivity index (χ1v) is 7.40. The van der Waals surface area contributed by atoms with Gasteiger partial charge in [-0.1, -0.05) is 12.5 Å². The molecule has 2 fully saturated rings. The lowest BCUT2D eigenvalue weighted by atomic mass is 9.64. The van der Waals surface area contributed by atoms with Gasteiger partial charge in [-0.2, -0.15) is 0 Å². The molecule has 3 heteroatoms. The SMILES string of the molecule is Cn1c(C2CC2)nc2ccc(C3(CN)CCC3)cc21. The lowest BCUT2D eigenvalue weighted by Crippen LogP contribution is -2.41. The highest BCUT2D eigenvalue weighted by molar-refractivity contribution is 5.77. The van der Waals surface area contributed by atoms with Crippen molar-refractivity contribution in [2.75, 3.05) is 6.54 Å². The van der Waals surface area contributed by atoms with Crippen molar-refractivity contribution in [1.29, 1.82) is 0 Å². The number of nitrogens with zero attached hydrogens (tertiary/aromatic N) is 2. The Labute approximate surface area is 113 Å². The number of hydrogen-bond acceptors (Lipinski definition) is 2. The fourth-order valence-corrected chi connectivity index (χ4v) is 3.46. The molecule has 1 aromatic carbocycles. The van der Waals surface area contributed by atoms with E-state index >= 15 is 0 Å². The van der Waals surface area contributed by atoms with E-state index in [0.29, 0.717) is 5.92 Å². The fraction of sp³-hybridized carbons (Fsp3) is 0.562. The Morgan fingerprint density at radius 2 is 2.16 bits per heavy atom. The van der Waals surface area contributed by atoms with E-state index in [1.165, 1.54) is 49.0 Å². The number of benzene rings is 1. The molecule has 0 aliphatic heterocycles. The number of hydrogen-bond donors (Lipinski definition) is 1. The summed E-state index contributed by atoms with van der Waals surface area (Å²) in [7, 11) is 2.16. The second-order valence-corrected chi connectivity index (χ2v) is 6.34. The number of nitrogens with two attached hydrogens (primary N) is 1. The molecule has 0 radical (unpaired) electrons. The van der Waals surface area contributed by atoms with E-state index in [1.807, 2.05) is 0 Å². The van der Waals surface area contributed by atoms with Crippen LogP contribution in [-0.4, -0.2) is 16.1 Å². The zero-order chi connectivity index (χ0) is 13.0. The van der Waals surface area contributed by atoms with Crippen LogP contribution in [0.25, 0.3) is 11.0 Å². The van der Waals surface area contributed by atoms with Gasteiger partial charge in [-0.15, -0.1) is 0 Å². The number of aryl methyl sites for hydroxylation is 1. The van der Waals surface area contributed by atoms with Crippen LogP contribution >= 0.6 is 0 Å². The number of fused-ring (bicyclic) bond motifs is 1. The average molecular weight is 255 g/mol. The average Bonchev–Trinajstić information content (AvgIpc) is 3.15. The van der Waals surface area contributed by atoms with Crippen LogP contribution in [-0.2, 0) is 12.5 Å². The summed E-state index contributed by atoms with van der Waals surface area (Å²) < 4.78 is 2.29. The molecule has 19 heavy (non-hydrogen) atoms. The number of aromatic nitrogens is 2. The molecule has 4 rings (SSSR count). The quantitative estimate of drug-likeness (QED) is 0.916. The molecule has 100 valence electrons. The third-order valence-corrected chi connectivity index (χ3v) is 5.17. The van der Waals surface area contributed by atoms with E-state index in [9.17, 15) is 0 Å². The van der Waals surface area contributed by atoms with Crippen LogP contribution in [0.5, 0.6) is 0 Å². The van der Waals surface area contributed by atoms with E-state index in [-0.39, 0.29) is 5.41 Å². The monoisotopic (exact) mass is 255 g/mol. The first-order valence-electron chi connectivity index (χ1n) is 7.40. The zero-order valence-electron chi connectivity index (χ0n) is 11.5. The molecule has 0 unspecified atom stereocenters. The van der Waals surface area contributed by atoms with E-state index < -0.39 is 0 Å². The first kappa shape index (κ1) is 11.5. The van der Waals surface area contributed by atoms with Crippen LogP contribution < -0.4 is 5.73 Å². The van der Waals surface area contributed by atoms with Crippen LogP contribution in [0.1, 0.15) is 49.4 Å². The van der Waals surface area contributed by atoms with Gasteiger partial charge >= 0.3 is 0 Å². The largest absolute Gasteiger partial charge is 0.331 e. The van der Waals surface area contributed by atoms with Gasteiger partial charge in [0.05, 0.1) is 11.0 Å². The predicted octanol–water partition coefficient (Wildman–Crippen LogP) is 2.83. The Morgan fingerprint density at radius 1 is 1.37 bits per heavy atom. The summed E-state index contributed by atoms with van der Waals surface area (Å²) in [6.07, 6.45) is 6.39. The van der Waals surface area contributed by atoms with Crippen molar-refractivity contribution in [3.05, 3.63) is 29.6 Å². The van der Waals surface area contributed by atoms with Gasteiger partial charge in [0.15, 0.2) is 0 Å². The zero-order valence-corrected chi connectivity index (χ0v) is 11.5. The van der Waals surface area contributed by atoms with Crippen LogP contribution in [0.2, 0.25) is 0 Å². The second kappa shape index (κ2) is 3.83. The van der Waals surface area contributed by atoms with Crippen LogP contribution in [0.15, 0.2) is 18.2 Å². The third-order valence-electron chi connectivity index (χ3n) is 5.17. The maximum atomic E-state index is 6.02. The van der Waals surface area contributed by atoms with Crippen molar-refractivity contribution in [2.24, 2.45) is 12.8 Å². The van der Waals surface area contributed by atoms with E-state index in [2.05, 4.69) is 29.8 Å². The minimum absolute atomic E-state index is 0.248. The molecular weight excluding hydrogens is 234 g/mol. The maximum absolute atomic E-state index is 6.02. The van der Waals surface area contributed by atoms with E-state index in [1.54, 1.807) is 0 Å². The molecule has 2 aliphatic carbocycles. The minimum atomic E-state index is 0.248. The van der Waals surface area contributed by atoms with Gasteiger partial charge in [0.1, 0.15) is 5.82 Å². The Morgan fingerprint density at radius 3 is 2.74 bits per heavy atom. The summed E-state index contributed by atoms with van der Waals surface area (Å²) in [5.74, 6) is 1.97. The smallest absolute Gasteiger partial charge is 0.112 e. The minimum Gasteiger partial charge on any atom is -0.331 e. The van der Waals surface area contributed by atoms with Crippen molar-refractivity contribution in [3.63, 3.8) is 0 Å². The van der Waals surface area contributed by atoms with Gasteiger partial charge in [-0.25, -0.2) is 4.98 Å². The normalized spacial score (nSPS) is 21.6. The van der Waals surface area contributed by atoms with Crippen molar-refractivity contribution in [3.8, 4) is 0 Å². The molecule has 0 atom stereocenters.